The second-order valence-corrected chi connectivity index (χ2v) is 2.91. The average Bonchev–Trinajstić information content (AvgIpc) is 2.18. The van der Waals surface area contributed by atoms with Crippen LogP contribution in [0.25, 0.3) is 0 Å². The summed E-state index contributed by atoms with van der Waals surface area (Å²) in [6.45, 7) is 0.750. The number of likely N-dealkylation sites (N-methyl/N-ethyl adjacent to an activating group) is 1. The molecule has 0 aliphatic heterocycles. The first-order chi connectivity index (χ1) is 6.29. The summed E-state index contributed by atoms with van der Waals surface area (Å²) >= 11 is 0. The maximum absolute atomic E-state index is 5.94. The van der Waals surface area contributed by atoms with Crippen LogP contribution in [0.1, 0.15) is 11.6 Å². The van der Waals surface area contributed by atoms with Gasteiger partial charge in [-0.05, 0) is 13.1 Å². The SMILES string of the molecule is CNCC(N)c1ccccc1OC. The molecule has 0 radical (unpaired) electrons. The van der Waals surface area contributed by atoms with Crippen LogP contribution in [-0.4, -0.2) is 20.7 Å². The van der Waals surface area contributed by atoms with E-state index in [1.54, 1.807) is 7.11 Å². The van der Waals surface area contributed by atoms with Crippen LogP contribution in [0.5, 0.6) is 5.75 Å². The maximum Gasteiger partial charge on any atom is 0.123 e. The third-order valence-corrected chi connectivity index (χ3v) is 1.96. The van der Waals surface area contributed by atoms with Gasteiger partial charge < -0.3 is 15.8 Å². The fourth-order valence-electron chi connectivity index (χ4n) is 1.30. The first-order valence-corrected chi connectivity index (χ1v) is 4.32. The van der Waals surface area contributed by atoms with Crippen molar-refractivity contribution >= 4 is 0 Å². The quantitative estimate of drug-likeness (QED) is 0.724. The van der Waals surface area contributed by atoms with E-state index >= 15 is 0 Å². The highest BCUT2D eigenvalue weighted by atomic mass is 16.5. The lowest BCUT2D eigenvalue weighted by atomic mass is 10.1. The topological polar surface area (TPSA) is 47.3 Å². The van der Waals surface area contributed by atoms with Gasteiger partial charge in [-0.1, -0.05) is 18.2 Å². The molecule has 0 fully saturated rings. The lowest BCUT2D eigenvalue weighted by Crippen LogP contribution is -2.24. The van der Waals surface area contributed by atoms with Crippen LogP contribution in [0.2, 0.25) is 0 Å². The zero-order valence-corrected chi connectivity index (χ0v) is 8.08. The molecule has 0 spiro atoms. The molecule has 13 heavy (non-hydrogen) atoms. The van der Waals surface area contributed by atoms with Crippen LogP contribution in [0.4, 0.5) is 0 Å². The smallest absolute Gasteiger partial charge is 0.123 e. The van der Waals surface area contributed by atoms with E-state index in [0.29, 0.717) is 0 Å². The molecule has 0 aromatic heterocycles. The van der Waals surface area contributed by atoms with E-state index in [0.717, 1.165) is 17.9 Å². The van der Waals surface area contributed by atoms with Gasteiger partial charge in [-0.25, -0.2) is 0 Å². The summed E-state index contributed by atoms with van der Waals surface area (Å²) in [5.74, 6) is 0.852. The standard InChI is InChI=1S/C10H16N2O/c1-12-7-9(11)8-5-3-4-6-10(8)13-2/h3-6,9,12H,7,11H2,1-2H3. The van der Waals surface area contributed by atoms with Crippen LogP contribution in [0.15, 0.2) is 24.3 Å². The van der Waals surface area contributed by atoms with E-state index in [4.69, 9.17) is 10.5 Å². The van der Waals surface area contributed by atoms with E-state index in [2.05, 4.69) is 5.32 Å². The van der Waals surface area contributed by atoms with Crippen molar-refractivity contribution in [2.75, 3.05) is 20.7 Å². The van der Waals surface area contributed by atoms with Gasteiger partial charge in [-0.2, -0.15) is 0 Å². The summed E-state index contributed by atoms with van der Waals surface area (Å²) in [5.41, 5.74) is 6.98. The Hall–Kier alpha value is -1.06. The molecule has 0 saturated carbocycles. The van der Waals surface area contributed by atoms with Gasteiger partial charge in [-0.3, -0.25) is 0 Å². The van der Waals surface area contributed by atoms with Crippen molar-refractivity contribution in [1.29, 1.82) is 0 Å². The Balaban J connectivity index is 2.85. The number of methoxy groups -OCH3 is 1. The van der Waals surface area contributed by atoms with Crippen molar-refractivity contribution in [2.24, 2.45) is 5.73 Å². The van der Waals surface area contributed by atoms with Crippen LogP contribution in [0, 0.1) is 0 Å². The molecular formula is C10H16N2O. The predicted molar refractivity (Wildman–Crippen MR) is 53.8 cm³/mol. The fraction of sp³-hybridized carbons (Fsp3) is 0.400. The first kappa shape index (κ1) is 10.0. The maximum atomic E-state index is 5.94. The van der Waals surface area contributed by atoms with Gasteiger partial charge in [0.2, 0.25) is 0 Å². The first-order valence-electron chi connectivity index (χ1n) is 4.32. The molecule has 0 bridgehead atoms. The molecule has 1 unspecified atom stereocenters. The summed E-state index contributed by atoms with van der Waals surface area (Å²) in [6, 6.07) is 7.80. The average molecular weight is 180 g/mol. The highest BCUT2D eigenvalue weighted by molar-refractivity contribution is 5.35. The molecule has 3 nitrogen and oxygen atoms in total. The summed E-state index contributed by atoms with van der Waals surface area (Å²) in [7, 11) is 3.54. The van der Waals surface area contributed by atoms with E-state index in [-0.39, 0.29) is 6.04 Å². The third-order valence-electron chi connectivity index (χ3n) is 1.96. The highest BCUT2D eigenvalue weighted by Crippen LogP contribution is 2.22. The molecule has 0 aliphatic rings. The second-order valence-electron chi connectivity index (χ2n) is 2.91. The predicted octanol–water partition coefficient (Wildman–Crippen LogP) is 0.914. The Kier molecular flexibility index (Phi) is 3.73. The number of hydrogen-bond acceptors (Lipinski definition) is 3. The molecule has 1 aromatic rings. The minimum absolute atomic E-state index is 0.0128. The second kappa shape index (κ2) is 4.84. The Morgan fingerprint density at radius 3 is 2.77 bits per heavy atom. The minimum atomic E-state index is -0.0128. The van der Waals surface area contributed by atoms with Gasteiger partial charge in [0, 0.05) is 18.2 Å². The number of benzene rings is 1. The molecule has 1 atom stereocenters. The molecular weight excluding hydrogens is 164 g/mol. The number of nitrogens with one attached hydrogen (secondary N) is 1. The lowest BCUT2D eigenvalue weighted by molar-refractivity contribution is 0.405. The van der Waals surface area contributed by atoms with E-state index in [1.165, 1.54) is 0 Å². The van der Waals surface area contributed by atoms with Crippen molar-refractivity contribution in [1.82, 2.24) is 5.32 Å². The lowest BCUT2D eigenvalue weighted by Gasteiger charge is -2.14. The molecule has 1 aromatic carbocycles. The normalized spacial score (nSPS) is 12.5. The summed E-state index contributed by atoms with van der Waals surface area (Å²) in [6.07, 6.45) is 0. The van der Waals surface area contributed by atoms with Gasteiger partial charge in [0.25, 0.3) is 0 Å². The fourth-order valence-corrected chi connectivity index (χ4v) is 1.30. The van der Waals surface area contributed by atoms with Crippen LogP contribution in [0.3, 0.4) is 0 Å². The van der Waals surface area contributed by atoms with Gasteiger partial charge in [-0.15, -0.1) is 0 Å². The molecule has 3 heteroatoms. The Labute approximate surface area is 78.9 Å². The van der Waals surface area contributed by atoms with Crippen LogP contribution < -0.4 is 15.8 Å². The molecule has 0 saturated heterocycles. The van der Waals surface area contributed by atoms with Crippen molar-refractivity contribution in [3.63, 3.8) is 0 Å². The number of para-hydroxylation sites is 1. The number of rotatable bonds is 4. The molecule has 72 valence electrons. The number of ether oxygens (including phenoxy) is 1. The van der Waals surface area contributed by atoms with Crippen molar-refractivity contribution in [3.05, 3.63) is 29.8 Å². The van der Waals surface area contributed by atoms with Gasteiger partial charge in [0.05, 0.1) is 7.11 Å². The zero-order chi connectivity index (χ0) is 9.68. The van der Waals surface area contributed by atoms with Gasteiger partial charge in [0.1, 0.15) is 5.75 Å². The van der Waals surface area contributed by atoms with Gasteiger partial charge >= 0.3 is 0 Å². The van der Waals surface area contributed by atoms with E-state index in [1.807, 2.05) is 31.3 Å². The van der Waals surface area contributed by atoms with Crippen LogP contribution in [-0.2, 0) is 0 Å². The Morgan fingerprint density at radius 1 is 1.46 bits per heavy atom. The molecule has 0 amide bonds. The third kappa shape index (κ3) is 2.44. The molecule has 0 aliphatic carbocycles. The molecule has 1 rings (SSSR count). The molecule has 0 heterocycles. The zero-order valence-electron chi connectivity index (χ0n) is 8.08. The minimum Gasteiger partial charge on any atom is -0.496 e. The van der Waals surface area contributed by atoms with Crippen molar-refractivity contribution in [2.45, 2.75) is 6.04 Å². The highest BCUT2D eigenvalue weighted by Gasteiger charge is 2.09. The number of nitrogens with two attached hydrogens (primary N) is 1. The van der Waals surface area contributed by atoms with Crippen LogP contribution >= 0.6 is 0 Å². The summed E-state index contributed by atoms with van der Waals surface area (Å²) in [5, 5.41) is 3.04. The van der Waals surface area contributed by atoms with Crippen molar-refractivity contribution < 1.29 is 4.74 Å². The van der Waals surface area contributed by atoms with Crippen molar-refractivity contribution in [3.8, 4) is 5.75 Å². The summed E-state index contributed by atoms with van der Waals surface area (Å²) in [4.78, 5) is 0. The monoisotopic (exact) mass is 180 g/mol. The van der Waals surface area contributed by atoms with E-state index in [9.17, 15) is 0 Å². The molecule has 3 N–H and O–H groups in total. The Morgan fingerprint density at radius 2 is 2.15 bits per heavy atom. The largest absolute Gasteiger partial charge is 0.496 e. The summed E-state index contributed by atoms with van der Waals surface area (Å²) < 4.78 is 5.21. The van der Waals surface area contributed by atoms with Gasteiger partial charge in [0.15, 0.2) is 0 Å². The van der Waals surface area contributed by atoms with E-state index < -0.39 is 0 Å². The number of hydrogen-bond donors (Lipinski definition) is 2. The Bertz CT molecular complexity index is 263.